The first kappa shape index (κ1) is 11.9. The van der Waals surface area contributed by atoms with Gasteiger partial charge in [-0.2, -0.15) is 0 Å². The van der Waals surface area contributed by atoms with Crippen molar-refractivity contribution in [3.63, 3.8) is 0 Å². The molecule has 3 heteroatoms. The molecule has 0 radical (unpaired) electrons. The van der Waals surface area contributed by atoms with Gasteiger partial charge in [-0.25, -0.2) is 0 Å². The van der Waals surface area contributed by atoms with Crippen LogP contribution in [0.3, 0.4) is 0 Å². The van der Waals surface area contributed by atoms with Crippen molar-refractivity contribution >= 4 is 10.9 Å². The van der Waals surface area contributed by atoms with Crippen molar-refractivity contribution in [2.75, 3.05) is 0 Å². The standard InChI is InChI=1S/C16H17N3/c1-12-2-3-16-14(8-12)5-7-19(16)11-13-4-6-18-15(9-13)10-17/h2-9H,10-11,17H2,1H3. The zero-order valence-corrected chi connectivity index (χ0v) is 11.0. The minimum absolute atomic E-state index is 0.486. The summed E-state index contributed by atoms with van der Waals surface area (Å²) < 4.78 is 2.25. The monoisotopic (exact) mass is 251 g/mol. The third-order valence-corrected chi connectivity index (χ3v) is 3.37. The van der Waals surface area contributed by atoms with Gasteiger partial charge in [0.25, 0.3) is 0 Å². The van der Waals surface area contributed by atoms with E-state index in [0.29, 0.717) is 6.54 Å². The third-order valence-electron chi connectivity index (χ3n) is 3.37. The van der Waals surface area contributed by atoms with Crippen LogP contribution in [-0.4, -0.2) is 9.55 Å². The number of benzene rings is 1. The predicted octanol–water partition coefficient (Wildman–Crippen LogP) is 2.85. The first-order valence-electron chi connectivity index (χ1n) is 6.45. The van der Waals surface area contributed by atoms with Crippen LogP contribution in [0.2, 0.25) is 0 Å². The van der Waals surface area contributed by atoms with Crippen molar-refractivity contribution in [1.29, 1.82) is 0 Å². The third kappa shape index (κ3) is 2.37. The molecule has 0 aliphatic rings. The molecule has 0 aliphatic heterocycles. The molecule has 2 heterocycles. The van der Waals surface area contributed by atoms with Gasteiger partial charge in [0.05, 0.1) is 5.69 Å². The predicted molar refractivity (Wildman–Crippen MR) is 77.9 cm³/mol. The Morgan fingerprint density at radius 2 is 2.05 bits per heavy atom. The summed E-state index contributed by atoms with van der Waals surface area (Å²) in [6.45, 7) is 3.45. The lowest BCUT2D eigenvalue weighted by Crippen LogP contribution is -2.03. The van der Waals surface area contributed by atoms with E-state index in [0.717, 1.165) is 12.2 Å². The van der Waals surface area contributed by atoms with Gasteiger partial charge in [-0.05, 0) is 48.2 Å². The van der Waals surface area contributed by atoms with Gasteiger partial charge in [0, 0.05) is 31.0 Å². The van der Waals surface area contributed by atoms with Gasteiger partial charge < -0.3 is 10.3 Å². The second-order valence-corrected chi connectivity index (χ2v) is 4.87. The Morgan fingerprint density at radius 3 is 2.89 bits per heavy atom. The molecule has 3 nitrogen and oxygen atoms in total. The smallest absolute Gasteiger partial charge is 0.0542 e. The largest absolute Gasteiger partial charge is 0.343 e. The Balaban J connectivity index is 1.96. The fourth-order valence-corrected chi connectivity index (χ4v) is 2.39. The van der Waals surface area contributed by atoms with Crippen molar-refractivity contribution in [3.8, 4) is 0 Å². The maximum Gasteiger partial charge on any atom is 0.0542 e. The fraction of sp³-hybridized carbons (Fsp3) is 0.188. The second-order valence-electron chi connectivity index (χ2n) is 4.87. The number of nitrogens with two attached hydrogens (primary N) is 1. The van der Waals surface area contributed by atoms with E-state index in [2.05, 4.69) is 53.0 Å². The van der Waals surface area contributed by atoms with Crippen LogP contribution in [0, 0.1) is 6.92 Å². The summed E-state index contributed by atoms with van der Waals surface area (Å²) >= 11 is 0. The van der Waals surface area contributed by atoms with E-state index in [1.807, 2.05) is 12.3 Å². The molecule has 0 saturated carbocycles. The maximum atomic E-state index is 5.63. The molecule has 2 N–H and O–H groups in total. The Kier molecular flexibility index (Phi) is 3.05. The number of fused-ring (bicyclic) bond motifs is 1. The number of hydrogen-bond acceptors (Lipinski definition) is 2. The lowest BCUT2D eigenvalue weighted by atomic mass is 10.2. The fourth-order valence-electron chi connectivity index (χ4n) is 2.39. The average Bonchev–Trinajstić information content (AvgIpc) is 2.81. The van der Waals surface area contributed by atoms with Crippen molar-refractivity contribution in [3.05, 3.63) is 65.6 Å². The van der Waals surface area contributed by atoms with Crippen LogP contribution >= 0.6 is 0 Å². The molecule has 0 saturated heterocycles. The van der Waals surface area contributed by atoms with Crippen molar-refractivity contribution in [2.45, 2.75) is 20.0 Å². The van der Waals surface area contributed by atoms with Crippen molar-refractivity contribution in [2.24, 2.45) is 5.73 Å². The molecule has 19 heavy (non-hydrogen) atoms. The number of aromatic nitrogens is 2. The summed E-state index contributed by atoms with van der Waals surface area (Å²) in [7, 11) is 0. The molecule has 0 spiro atoms. The average molecular weight is 251 g/mol. The van der Waals surface area contributed by atoms with Gasteiger partial charge in [0.1, 0.15) is 0 Å². The van der Waals surface area contributed by atoms with E-state index in [4.69, 9.17) is 5.73 Å². The zero-order chi connectivity index (χ0) is 13.2. The normalized spacial score (nSPS) is 11.1. The maximum absolute atomic E-state index is 5.63. The molecule has 2 aromatic heterocycles. The number of hydrogen-bond donors (Lipinski definition) is 1. The van der Waals surface area contributed by atoms with Crippen LogP contribution in [0.5, 0.6) is 0 Å². The van der Waals surface area contributed by atoms with Gasteiger partial charge >= 0.3 is 0 Å². The highest BCUT2D eigenvalue weighted by Gasteiger charge is 2.03. The Morgan fingerprint density at radius 1 is 1.16 bits per heavy atom. The molecular weight excluding hydrogens is 234 g/mol. The van der Waals surface area contributed by atoms with Crippen LogP contribution in [0.1, 0.15) is 16.8 Å². The molecule has 0 atom stereocenters. The van der Waals surface area contributed by atoms with Gasteiger partial charge in [-0.1, -0.05) is 11.6 Å². The minimum atomic E-state index is 0.486. The Bertz CT molecular complexity index is 713. The van der Waals surface area contributed by atoms with Crippen LogP contribution in [0.15, 0.2) is 48.8 Å². The number of pyridine rings is 1. The van der Waals surface area contributed by atoms with E-state index >= 15 is 0 Å². The highest BCUT2D eigenvalue weighted by Crippen LogP contribution is 2.18. The van der Waals surface area contributed by atoms with E-state index < -0.39 is 0 Å². The highest BCUT2D eigenvalue weighted by atomic mass is 14.9. The first-order chi connectivity index (χ1) is 9.26. The quantitative estimate of drug-likeness (QED) is 0.778. The summed E-state index contributed by atoms with van der Waals surface area (Å²) in [4.78, 5) is 4.23. The molecule has 0 amide bonds. The Hall–Kier alpha value is -2.13. The zero-order valence-electron chi connectivity index (χ0n) is 11.0. The Labute approximate surface area is 112 Å². The lowest BCUT2D eigenvalue weighted by Gasteiger charge is -2.07. The topological polar surface area (TPSA) is 43.8 Å². The summed E-state index contributed by atoms with van der Waals surface area (Å²) in [5.74, 6) is 0. The van der Waals surface area contributed by atoms with Gasteiger partial charge in [0.2, 0.25) is 0 Å². The van der Waals surface area contributed by atoms with Crippen molar-refractivity contribution in [1.82, 2.24) is 9.55 Å². The number of nitrogens with zero attached hydrogens (tertiary/aromatic N) is 2. The molecule has 3 rings (SSSR count). The number of rotatable bonds is 3. The molecule has 0 unspecified atom stereocenters. The molecule has 96 valence electrons. The SMILES string of the molecule is Cc1ccc2c(ccn2Cc2ccnc(CN)c2)c1. The summed E-state index contributed by atoms with van der Waals surface area (Å²) in [6, 6.07) is 12.8. The first-order valence-corrected chi connectivity index (χ1v) is 6.45. The van der Waals surface area contributed by atoms with Crippen molar-refractivity contribution < 1.29 is 0 Å². The molecule has 1 aromatic carbocycles. The molecule has 0 fully saturated rings. The summed E-state index contributed by atoms with van der Waals surface area (Å²) in [5.41, 5.74) is 10.3. The van der Waals surface area contributed by atoms with E-state index in [-0.39, 0.29) is 0 Å². The second kappa shape index (κ2) is 4.86. The van der Waals surface area contributed by atoms with Crippen LogP contribution in [-0.2, 0) is 13.1 Å². The highest BCUT2D eigenvalue weighted by molar-refractivity contribution is 5.80. The minimum Gasteiger partial charge on any atom is -0.343 e. The number of aryl methyl sites for hydroxylation is 1. The molecule has 0 bridgehead atoms. The van der Waals surface area contributed by atoms with Gasteiger partial charge in [0.15, 0.2) is 0 Å². The molecular formula is C16H17N3. The van der Waals surface area contributed by atoms with E-state index in [1.165, 1.54) is 22.0 Å². The van der Waals surface area contributed by atoms with Crippen LogP contribution in [0.4, 0.5) is 0 Å². The van der Waals surface area contributed by atoms with Crippen LogP contribution in [0.25, 0.3) is 10.9 Å². The van der Waals surface area contributed by atoms with Gasteiger partial charge in [-0.15, -0.1) is 0 Å². The molecule has 3 aromatic rings. The van der Waals surface area contributed by atoms with E-state index in [9.17, 15) is 0 Å². The summed E-state index contributed by atoms with van der Waals surface area (Å²) in [5, 5.41) is 1.29. The van der Waals surface area contributed by atoms with Gasteiger partial charge in [-0.3, -0.25) is 4.98 Å². The van der Waals surface area contributed by atoms with Crippen LogP contribution < -0.4 is 5.73 Å². The molecule has 0 aliphatic carbocycles. The summed E-state index contributed by atoms with van der Waals surface area (Å²) in [6.07, 6.45) is 3.96. The van der Waals surface area contributed by atoms with E-state index in [1.54, 1.807) is 0 Å². The lowest BCUT2D eigenvalue weighted by molar-refractivity contribution is 0.828.